The summed E-state index contributed by atoms with van der Waals surface area (Å²) in [4.78, 5) is 23.8. The number of rotatable bonds is 5. The summed E-state index contributed by atoms with van der Waals surface area (Å²) in [5, 5.41) is 0.656. The molecular weight excluding hydrogens is 372 g/mol. The van der Waals surface area contributed by atoms with E-state index in [1.165, 1.54) is 0 Å². The molecule has 0 saturated carbocycles. The van der Waals surface area contributed by atoms with Gasteiger partial charge in [0.05, 0.1) is 0 Å². The quantitative estimate of drug-likeness (QED) is 0.507. The molecule has 4 aromatic rings. The van der Waals surface area contributed by atoms with Gasteiger partial charge >= 0.3 is 0 Å². The molecule has 0 N–H and O–H groups in total. The van der Waals surface area contributed by atoms with Crippen molar-refractivity contribution in [2.75, 3.05) is 7.05 Å². The normalized spacial score (nSPS) is 10.9. The highest BCUT2D eigenvalue weighted by Crippen LogP contribution is 2.25. The molecule has 4 rings (SSSR count). The fraction of sp³-hybridized carbons (Fsp3) is 0.136. The van der Waals surface area contributed by atoms with Crippen LogP contribution in [0.15, 0.2) is 72.9 Å². The first-order valence-corrected chi connectivity index (χ1v) is 9.35. The molecule has 1 amide bonds. The van der Waals surface area contributed by atoms with E-state index in [2.05, 4.69) is 4.98 Å². The van der Waals surface area contributed by atoms with Crippen LogP contribution in [0.5, 0.6) is 0 Å². The second-order valence-corrected chi connectivity index (χ2v) is 7.05. The van der Waals surface area contributed by atoms with Crippen molar-refractivity contribution in [1.29, 1.82) is 0 Å². The summed E-state index contributed by atoms with van der Waals surface area (Å²) in [5.74, 6) is 0.691. The second kappa shape index (κ2) is 7.82. The van der Waals surface area contributed by atoms with E-state index in [4.69, 9.17) is 16.6 Å². The standard InChI is InChI=1S/C22H19ClN4O/c1-26(14-16-6-3-2-4-7-16)20(28)15-27-21(17-9-11-18(23)12-10-17)25-19-8-5-13-24-22(19)27/h2-13H,14-15H2,1H3. The molecule has 6 heteroatoms. The van der Waals surface area contributed by atoms with Gasteiger partial charge in [-0.05, 0) is 42.0 Å². The number of carbonyl (C=O) groups is 1. The number of carbonyl (C=O) groups excluding carboxylic acids is 1. The Morgan fingerprint density at radius 3 is 2.54 bits per heavy atom. The van der Waals surface area contributed by atoms with Crippen LogP contribution >= 0.6 is 11.6 Å². The number of aromatic nitrogens is 3. The molecule has 2 aromatic heterocycles. The van der Waals surface area contributed by atoms with Crippen molar-refractivity contribution >= 4 is 28.7 Å². The summed E-state index contributed by atoms with van der Waals surface area (Å²) < 4.78 is 1.86. The van der Waals surface area contributed by atoms with Gasteiger partial charge in [0.25, 0.3) is 0 Å². The smallest absolute Gasteiger partial charge is 0.242 e. The lowest BCUT2D eigenvalue weighted by atomic mass is 10.2. The second-order valence-electron chi connectivity index (χ2n) is 6.61. The van der Waals surface area contributed by atoms with E-state index in [1.807, 2.05) is 78.3 Å². The van der Waals surface area contributed by atoms with Crippen molar-refractivity contribution < 1.29 is 4.79 Å². The van der Waals surface area contributed by atoms with E-state index in [-0.39, 0.29) is 12.5 Å². The zero-order valence-corrected chi connectivity index (χ0v) is 16.2. The lowest BCUT2D eigenvalue weighted by molar-refractivity contribution is -0.130. The molecule has 2 heterocycles. The molecule has 5 nitrogen and oxygen atoms in total. The highest BCUT2D eigenvalue weighted by molar-refractivity contribution is 6.30. The van der Waals surface area contributed by atoms with Crippen molar-refractivity contribution in [3.63, 3.8) is 0 Å². The summed E-state index contributed by atoms with van der Waals surface area (Å²) >= 11 is 6.02. The number of hydrogen-bond acceptors (Lipinski definition) is 3. The molecule has 140 valence electrons. The predicted octanol–water partition coefficient (Wildman–Crippen LogP) is 4.41. The zero-order chi connectivity index (χ0) is 19.5. The van der Waals surface area contributed by atoms with Crippen molar-refractivity contribution in [1.82, 2.24) is 19.4 Å². The van der Waals surface area contributed by atoms with Crippen LogP contribution < -0.4 is 0 Å². The van der Waals surface area contributed by atoms with Gasteiger partial charge in [-0.2, -0.15) is 0 Å². The number of hydrogen-bond donors (Lipinski definition) is 0. The molecule has 0 aliphatic heterocycles. The Hall–Kier alpha value is -3.18. The Morgan fingerprint density at radius 2 is 1.79 bits per heavy atom. The van der Waals surface area contributed by atoms with Crippen LogP contribution in [0.1, 0.15) is 5.56 Å². The van der Waals surface area contributed by atoms with Gasteiger partial charge in [-0.3, -0.25) is 9.36 Å². The monoisotopic (exact) mass is 390 g/mol. The maximum Gasteiger partial charge on any atom is 0.242 e. The Bertz CT molecular complexity index is 1110. The molecule has 0 radical (unpaired) electrons. The molecule has 0 fully saturated rings. The van der Waals surface area contributed by atoms with E-state index in [0.29, 0.717) is 23.0 Å². The number of fused-ring (bicyclic) bond motifs is 1. The highest BCUT2D eigenvalue weighted by Gasteiger charge is 2.18. The summed E-state index contributed by atoms with van der Waals surface area (Å²) in [6.45, 7) is 0.713. The molecule has 0 bridgehead atoms. The first-order chi connectivity index (χ1) is 13.6. The third kappa shape index (κ3) is 3.75. The number of pyridine rings is 1. The third-order valence-corrected chi connectivity index (χ3v) is 4.84. The van der Waals surface area contributed by atoms with Crippen LogP contribution in [0.2, 0.25) is 5.02 Å². The molecule has 2 aromatic carbocycles. The van der Waals surface area contributed by atoms with E-state index >= 15 is 0 Å². The van der Waals surface area contributed by atoms with Gasteiger partial charge < -0.3 is 4.90 Å². The first kappa shape index (κ1) is 18.2. The average molecular weight is 391 g/mol. The van der Waals surface area contributed by atoms with Crippen LogP contribution in [-0.2, 0) is 17.9 Å². The van der Waals surface area contributed by atoms with E-state index in [0.717, 1.165) is 16.6 Å². The topological polar surface area (TPSA) is 51.0 Å². The van der Waals surface area contributed by atoms with Gasteiger partial charge in [0.2, 0.25) is 5.91 Å². The van der Waals surface area contributed by atoms with Gasteiger partial charge in [-0.1, -0.05) is 41.9 Å². The summed E-state index contributed by atoms with van der Waals surface area (Å²) in [7, 11) is 1.81. The minimum Gasteiger partial charge on any atom is -0.340 e. The van der Waals surface area contributed by atoms with Crippen LogP contribution in [0.3, 0.4) is 0 Å². The molecule has 0 atom stereocenters. The van der Waals surface area contributed by atoms with Crippen molar-refractivity contribution in [3.8, 4) is 11.4 Å². The zero-order valence-electron chi connectivity index (χ0n) is 15.4. The Labute approximate surface area is 168 Å². The van der Waals surface area contributed by atoms with Crippen molar-refractivity contribution in [3.05, 3.63) is 83.5 Å². The molecule has 28 heavy (non-hydrogen) atoms. The molecule has 0 saturated heterocycles. The van der Waals surface area contributed by atoms with Gasteiger partial charge in [0, 0.05) is 30.4 Å². The fourth-order valence-electron chi connectivity index (χ4n) is 3.13. The van der Waals surface area contributed by atoms with Crippen molar-refractivity contribution in [2.24, 2.45) is 0 Å². The Morgan fingerprint density at radius 1 is 1.04 bits per heavy atom. The number of imidazole rings is 1. The minimum atomic E-state index is -0.0102. The minimum absolute atomic E-state index is 0.0102. The molecule has 0 unspecified atom stereocenters. The maximum atomic E-state index is 12.9. The maximum absolute atomic E-state index is 12.9. The van der Waals surface area contributed by atoms with Crippen molar-refractivity contribution in [2.45, 2.75) is 13.1 Å². The lowest BCUT2D eigenvalue weighted by Gasteiger charge is -2.18. The third-order valence-electron chi connectivity index (χ3n) is 4.59. The predicted molar refractivity (Wildman–Crippen MR) is 111 cm³/mol. The molecule has 0 spiro atoms. The number of nitrogens with zero attached hydrogens (tertiary/aromatic N) is 4. The number of likely N-dealkylation sites (N-methyl/N-ethyl adjacent to an activating group) is 1. The van der Waals surface area contributed by atoms with Crippen LogP contribution in [-0.4, -0.2) is 32.4 Å². The van der Waals surface area contributed by atoms with Crippen LogP contribution in [0, 0.1) is 0 Å². The van der Waals surface area contributed by atoms with Gasteiger partial charge in [-0.15, -0.1) is 0 Å². The van der Waals surface area contributed by atoms with Gasteiger partial charge in [0.15, 0.2) is 5.65 Å². The Balaban J connectivity index is 1.66. The Kier molecular flexibility index (Phi) is 5.08. The lowest BCUT2D eigenvalue weighted by Crippen LogP contribution is -2.30. The number of halogens is 1. The van der Waals surface area contributed by atoms with E-state index in [9.17, 15) is 4.79 Å². The van der Waals surface area contributed by atoms with Crippen LogP contribution in [0.25, 0.3) is 22.6 Å². The van der Waals surface area contributed by atoms with E-state index < -0.39 is 0 Å². The summed E-state index contributed by atoms with van der Waals surface area (Å²) in [5.41, 5.74) is 3.42. The first-order valence-electron chi connectivity index (χ1n) is 8.97. The fourth-order valence-corrected chi connectivity index (χ4v) is 3.26. The largest absolute Gasteiger partial charge is 0.340 e. The summed E-state index contributed by atoms with van der Waals surface area (Å²) in [6, 6.07) is 21.1. The van der Waals surface area contributed by atoms with E-state index in [1.54, 1.807) is 11.1 Å². The molecule has 0 aliphatic carbocycles. The molecule has 0 aliphatic rings. The average Bonchev–Trinajstić information content (AvgIpc) is 3.08. The molecular formula is C22H19ClN4O. The number of amides is 1. The summed E-state index contributed by atoms with van der Waals surface area (Å²) in [6.07, 6.45) is 1.71. The van der Waals surface area contributed by atoms with Crippen LogP contribution in [0.4, 0.5) is 0 Å². The SMILES string of the molecule is CN(Cc1ccccc1)C(=O)Cn1c(-c2ccc(Cl)cc2)nc2cccnc21. The van der Waals surface area contributed by atoms with Gasteiger partial charge in [-0.25, -0.2) is 9.97 Å². The highest BCUT2D eigenvalue weighted by atomic mass is 35.5. The van der Waals surface area contributed by atoms with Gasteiger partial charge in [0.1, 0.15) is 17.9 Å². The number of benzene rings is 2.